The normalized spacial score (nSPS) is 12.0. The molecule has 0 aliphatic heterocycles. The highest BCUT2D eigenvalue weighted by Gasteiger charge is 2.10. The number of nitrogens with zero attached hydrogens (tertiary/aromatic N) is 3. The standard InChI is InChI=1S/C23H22N6O/c1-2-6-17(23(30)24-14-16-7-4-3-5-8-16)9-11-20-19-13-18(22-25-15-26-29-22)10-12-21(19)28-27-20/h2-10,12-13,15H,11,14H2,1H3,(H,24,30)(H,27,28)(H,25,26,29)/b6-2-,17-9+. The predicted octanol–water partition coefficient (Wildman–Crippen LogP) is 3.71. The molecule has 3 N–H and O–H groups in total. The van der Waals surface area contributed by atoms with Crippen molar-refractivity contribution in [3.8, 4) is 11.4 Å². The molecule has 1 amide bonds. The van der Waals surface area contributed by atoms with Gasteiger partial charge in [0.05, 0.1) is 5.52 Å². The Hall–Kier alpha value is -4.00. The molecule has 4 aromatic rings. The van der Waals surface area contributed by atoms with E-state index >= 15 is 0 Å². The first kappa shape index (κ1) is 19.3. The van der Waals surface area contributed by atoms with Crippen molar-refractivity contribution >= 4 is 16.8 Å². The lowest BCUT2D eigenvalue weighted by molar-refractivity contribution is -0.117. The van der Waals surface area contributed by atoms with Crippen molar-refractivity contribution in [2.75, 3.05) is 0 Å². The lowest BCUT2D eigenvalue weighted by atomic mass is 10.1. The number of benzene rings is 2. The van der Waals surface area contributed by atoms with Crippen molar-refractivity contribution in [3.05, 3.63) is 89.9 Å². The number of nitrogens with one attached hydrogen (secondary N) is 3. The second kappa shape index (κ2) is 9.00. The van der Waals surface area contributed by atoms with E-state index < -0.39 is 0 Å². The van der Waals surface area contributed by atoms with Gasteiger partial charge in [-0.05, 0) is 30.7 Å². The molecule has 0 atom stereocenters. The first-order valence-electron chi connectivity index (χ1n) is 9.72. The number of allylic oxidation sites excluding steroid dienone is 2. The van der Waals surface area contributed by atoms with Gasteiger partial charge in [-0.2, -0.15) is 10.2 Å². The SMILES string of the molecule is C/C=C\C(=C/Cc1[nH]nc2ccc(-c3ncn[nH]3)cc12)C(=O)NCc1ccccc1. The zero-order valence-electron chi connectivity index (χ0n) is 16.6. The van der Waals surface area contributed by atoms with E-state index in [2.05, 4.69) is 30.7 Å². The Bertz CT molecular complexity index is 1190. The molecular weight excluding hydrogens is 376 g/mol. The molecule has 0 saturated heterocycles. The summed E-state index contributed by atoms with van der Waals surface area (Å²) in [4.78, 5) is 16.9. The number of carbonyl (C=O) groups excluding carboxylic acids is 1. The zero-order chi connectivity index (χ0) is 20.8. The molecule has 7 nitrogen and oxygen atoms in total. The highest BCUT2D eigenvalue weighted by molar-refractivity contribution is 5.96. The number of hydrogen-bond donors (Lipinski definition) is 3. The monoisotopic (exact) mass is 398 g/mol. The molecule has 2 heterocycles. The maximum Gasteiger partial charge on any atom is 0.251 e. The minimum Gasteiger partial charge on any atom is -0.348 e. The second-order valence-electron chi connectivity index (χ2n) is 6.80. The van der Waals surface area contributed by atoms with Gasteiger partial charge in [-0.1, -0.05) is 48.6 Å². The van der Waals surface area contributed by atoms with Crippen LogP contribution >= 0.6 is 0 Å². The predicted molar refractivity (Wildman–Crippen MR) is 116 cm³/mol. The van der Waals surface area contributed by atoms with Gasteiger partial charge in [0.2, 0.25) is 0 Å². The minimum atomic E-state index is -0.108. The van der Waals surface area contributed by atoms with Gasteiger partial charge in [0.15, 0.2) is 5.82 Å². The Kier molecular flexibility index (Phi) is 5.80. The molecule has 150 valence electrons. The number of amides is 1. The van der Waals surface area contributed by atoms with Gasteiger partial charge < -0.3 is 5.32 Å². The van der Waals surface area contributed by atoms with Crippen molar-refractivity contribution < 1.29 is 4.79 Å². The number of rotatable bonds is 7. The van der Waals surface area contributed by atoms with Gasteiger partial charge in [-0.25, -0.2) is 4.98 Å². The highest BCUT2D eigenvalue weighted by atomic mass is 16.1. The van der Waals surface area contributed by atoms with Crippen LogP contribution in [0, 0.1) is 0 Å². The van der Waals surface area contributed by atoms with E-state index in [0.717, 1.165) is 27.7 Å². The number of H-pyrrole nitrogens is 2. The van der Waals surface area contributed by atoms with Crippen LogP contribution in [0.1, 0.15) is 18.2 Å². The molecule has 0 radical (unpaired) electrons. The quantitative estimate of drug-likeness (QED) is 0.326. The number of aromatic nitrogens is 5. The fourth-order valence-electron chi connectivity index (χ4n) is 3.22. The van der Waals surface area contributed by atoms with Gasteiger partial charge in [0.25, 0.3) is 5.91 Å². The minimum absolute atomic E-state index is 0.108. The summed E-state index contributed by atoms with van der Waals surface area (Å²) in [5, 5.41) is 18.2. The van der Waals surface area contributed by atoms with Crippen LogP contribution in [0.25, 0.3) is 22.3 Å². The third-order valence-electron chi connectivity index (χ3n) is 4.75. The first-order valence-corrected chi connectivity index (χ1v) is 9.72. The zero-order valence-corrected chi connectivity index (χ0v) is 16.6. The summed E-state index contributed by atoms with van der Waals surface area (Å²) in [7, 11) is 0. The van der Waals surface area contributed by atoms with Crippen molar-refractivity contribution in [2.24, 2.45) is 0 Å². The van der Waals surface area contributed by atoms with E-state index in [1.165, 1.54) is 6.33 Å². The van der Waals surface area contributed by atoms with Crippen molar-refractivity contribution in [2.45, 2.75) is 19.9 Å². The van der Waals surface area contributed by atoms with E-state index in [1.807, 2.05) is 73.7 Å². The van der Waals surface area contributed by atoms with Crippen LogP contribution in [-0.2, 0) is 17.8 Å². The largest absolute Gasteiger partial charge is 0.348 e. The highest BCUT2D eigenvalue weighted by Crippen LogP contribution is 2.23. The lowest BCUT2D eigenvalue weighted by Crippen LogP contribution is -2.24. The molecule has 0 aliphatic rings. The van der Waals surface area contributed by atoms with Crippen molar-refractivity contribution in [1.29, 1.82) is 0 Å². The van der Waals surface area contributed by atoms with Gasteiger partial charge >= 0.3 is 0 Å². The summed E-state index contributed by atoms with van der Waals surface area (Å²) < 4.78 is 0. The molecule has 7 heteroatoms. The molecule has 4 rings (SSSR count). The van der Waals surface area contributed by atoms with E-state index in [1.54, 1.807) is 0 Å². The van der Waals surface area contributed by atoms with Crippen LogP contribution in [0.3, 0.4) is 0 Å². The Balaban J connectivity index is 1.53. The third kappa shape index (κ3) is 4.35. The third-order valence-corrected chi connectivity index (χ3v) is 4.75. The smallest absolute Gasteiger partial charge is 0.251 e. The summed E-state index contributed by atoms with van der Waals surface area (Å²) in [5.74, 6) is 0.595. The van der Waals surface area contributed by atoms with E-state index in [0.29, 0.717) is 24.4 Å². The average molecular weight is 398 g/mol. The lowest BCUT2D eigenvalue weighted by Gasteiger charge is -2.06. The number of aromatic amines is 2. The van der Waals surface area contributed by atoms with Crippen molar-refractivity contribution in [3.63, 3.8) is 0 Å². The van der Waals surface area contributed by atoms with Crippen molar-refractivity contribution in [1.82, 2.24) is 30.7 Å². The van der Waals surface area contributed by atoms with Crippen LogP contribution in [0.15, 0.2) is 78.7 Å². The van der Waals surface area contributed by atoms with Crippen LogP contribution in [0.5, 0.6) is 0 Å². The Morgan fingerprint density at radius 2 is 2.00 bits per heavy atom. The fraction of sp³-hybridized carbons (Fsp3) is 0.130. The summed E-state index contributed by atoms with van der Waals surface area (Å²) in [5.41, 5.74) is 4.40. The fourth-order valence-corrected chi connectivity index (χ4v) is 3.22. The Labute approximate surface area is 173 Å². The molecule has 0 bridgehead atoms. The topological polar surface area (TPSA) is 99.3 Å². The molecule has 2 aromatic heterocycles. The average Bonchev–Trinajstić information content (AvgIpc) is 3.45. The van der Waals surface area contributed by atoms with E-state index in [-0.39, 0.29) is 5.91 Å². The molecule has 2 aromatic carbocycles. The van der Waals surface area contributed by atoms with Gasteiger partial charge in [-0.15, -0.1) is 0 Å². The number of hydrogen-bond acceptors (Lipinski definition) is 4. The summed E-state index contributed by atoms with van der Waals surface area (Å²) in [6, 6.07) is 15.8. The van der Waals surface area contributed by atoms with Gasteiger partial charge in [0.1, 0.15) is 6.33 Å². The summed E-state index contributed by atoms with van der Waals surface area (Å²) in [6.07, 6.45) is 7.62. The van der Waals surface area contributed by atoms with Crippen LogP contribution in [0.2, 0.25) is 0 Å². The Morgan fingerprint density at radius 3 is 2.77 bits per heavy atom. The molecule has 0 saturated carbocycles. The van der Waals surface area contributed by atoms with E-state index in [4.69, 9.17) is 0 Å². The number of fused-ring (bicyclic) bond motifs is 1. The second-order valence-corrected chi connectivity index (χ2v) is 6.80. The molecule has 0 fully saturated rings. The summed E-state index contributed by atoms with van der Waals surface area (Å²) >= 11 is 0. The van der Waals surface area contributed by atoms with Crippen LogP contribution < -0.4 is 5.32 Å². The Morgan fingerprint density at radius 1 is 1.13 bits per heavy atom. The molecule has 0 unspecified atom stereocenters. The first-order chi connectivity index (χ1) is 14.7. The van der Waals surface area contributed by atoms with Crippen LogP contribution in [-0.4, -0.2) is 31.3 Å². The maximum absolute atomic E-state index is 12.7. The molecular formula is C23H22N6O. The molecule has 30 heavy (non-hydrogen) atoms. The van der Waals surface area contributed by atoms with Gasteiger partial charge in [0, 0.05) is 35.2 Å². The molecule has 0 spiro atoms. The molecule has 0 aliphatic carbocycles. The number of carbonyl (C=O) groups is 1. The maximum atomic E-state index is 12.7. The van der Waals surface area contributed by atoms with E-state index in [9.17, 15) is 4.79 Å². The summed E-state index contributed by atoms with van der Waals surface area (Å²) in [6.45, 7) is 2.38. The van der Waals surface area contributed by atoms with Crippen LogP contribution in [0.4, 0.5) is 0 Å². The van der Waals surface area contributed by atoms with Gasteiger partial charge in [-0.3, -0.25) is 15.0 Å².